The summed E-state index contributed by atoms with van der Waals surface area (Å²) in [6.45, 7) is 9.79. The van der Waals surface area contributed by atoms with Crippen LogP contribution < -0.4 is 11.1 Å². The van der Waals surface area contributed by atoms with E-state index in [0.717, 1.165) is 0 Å². The quantitative estimate of drug-likeness (QED) is 0.265. The third-order valence-corrected chi connectivity index (χ3v) is 7.28. The number of hydrogen-bond acceptors (Lipinski definition) is 9. The zero-order valence-corrected chi connectivity index (χ0v) is 22.7. The van der Waals surface area contributed by atoms with E-state index in [1.54, 1.807) is 52.0 Å². The number of nitrogens with zero attached hydrogens (tertiary/aromatic N) is 1. The highest BCUT2D eigenvalue weighted by Crippen LogP contribution is 2.51. The van der Waals surface area contributed by atoms with E-state index in [-0.39, 0.29) is 12.3 Å². The Kier molecular flexibility index (Phi) is 9.72. The summed E-state index contributed by atoms with van der Waals surface area (Å²) in [7, 11) is 0. The van der Waals surface area contributed by atoms with Crippen molar-refractivity contribution in [2.75, 3.05) is 6.79 Å². The predicted molar refractivity (Wildman–Crippen MR) is 136 cm³/mol. The molecule has 2 aliphatic heterocycles. The summed E-state index contributed by atoms with van der Waals surface area (Å²) in [5.74, 6) is -2.75. The number of carbonyl (C=O) groups is 5. The maximum Gasteiger partial charge on any atom is 0.333 e. The van der Waals surface area contributed by atoms with Gasteiger partial charge in [0, 0.05) is 11.2 Å². The fraction of sp³-hybridized carbons (Fsp3) is 0.560. The van der Waals surface area contributed by atoms with E-state index in [0.29, 0.717) is 5.56 Å². The Morgan fingerprint density at radius 3 is 2.24 bits per heavy atom. The van der Waals surface area contributed by atoms with Crippen molar-refractivity contribution in [2.24, 2.45) is 11.1 Å². The maximum absolute atomic E-state index is 12.8. The smallest absolute Gasteiger partial charge is 0.333 e. The first-order valence-electron chi connectivity index (χ1n) is 11.8. The summed E-state index contributed by atoms with van der Waals surface area (Å²) < 4.78 is 9.47. The van der Waals surface area contributed by atoms with Gasteiger partial charge in [0.1, 0.15) is 23.5 Å². The van der Waals surface area contributed by atoms with Crippen molar-refractivity contribution in [3.63, 3.8) is 0 Å². The van der Waals surface area contributed by atoms with Crippen LogP contribution in [-0.2, 0) is 33.4 Å². The molecule has 204 valence electrons. The van der Waals surface area contributed by atoms with Crippen LogP contribution in [0.2, 0.25) is 0 Å². The monoisotopic (exact) mass is 537 g/mol. The Labute approximate surface area is 220 Å². The van der Waals surface area contributed by atoms with Crippen LogP contribution in [0.3, 0.4) is 0 Å². The van der Waals surface area contributed by atoms with Gasteiger partial charge in [-0.2, -0.15) is 0 Å². The number of carboxylic acid groups (broad SMARTS) is 1. The van der Waals surface area contributed by atoms with Crippen molar-refractivity contribution in [2.45, 2.75) is 76.2 Å². The summed E-state index contributed by atoms with van der Waals surface area (Å²) in [4.78, 5) is 60.8. The van der Waals surface area contributed by atoms with Gasteiger partial charge in [0.2, 0.25) is 18.6 Å². The van der Waals surface area contributed by atoms with Crippen molar-refractivity contribution < 1.29 is 38.6 Å². The second-order valence-electron chi connectivity index (χ2n) is 10.1. The molecule has 0 aromatic heterocycles. The predicted octanol–water partition coefficient (Wildman–Crippen LogP) is 1.80. The molecule has 0 aliphatic carbocycles. The van der Waals surface area contributed by atoms with Gasteiger partial charge in [0.05, 0.1) is 5.41 Å². The highest BCUT2D eigenvalue weighted by atomic mass is 32.2. The number of fused-ring (bicyclic) bond motifs is 1. The molecule has 2 fully saturated rings. The number of carboxylic acids is 1. The Hall–Kier alpha value is -3.12. The molecule has 0 saturated carbocycles. The van der Waals surface area contributed by atoms with Gasteiger partial charge in [-0.25, -0.2) is 4.79 Å². The lowest BCUT2D eigenvalue weighted by atomic mass is 9.95. The molecule has 2 saturated heterocycles. The van der Waals surface area contributed by atoms with E-state index < -0.39 is 64.3 Å². The number of nitrogens with one attached hydrogen (secondary N) is 1. The van der Waals surface area contributed by atoms with Crippen LogP contribution in [0.4, 0.5) is 0 Å². The van der Waals surface area contributed by atoms with Gasteiger partial charge in [0.25, 0.3) is 0 Å². The molecule has 1 unspecified atom stereocenters. The van der Waals surface area contributed by atoms with Crippen molar-refractivity contribution in [3.8, 4) is 0 Å². The van der Waals surface area contributed by atoms with Crippen LogP contribution >= 0.6 is 11.8 Å². The van der Waals surface area contributed by atoms with Crippen LogP contribution in [0.1, 0.15) is 59.6 Å². The first kappa shape index (κ1) is 30.1. The van der Waals surface area contributed by atoms with Crippen molar-refractivity contribution in [1.29, 1.82) is 0 Å². The van der Waals surface area contributed by atoms with E-state index in [2.05, 4.69) is 5.32 Å². The van der Waals surface area contributed by atoms with Gasteiger partial charge in [-0.3, -0.25) is 19.2 Å². The minimum absolute atomic E-state index is 0.222. The van der Waals surface area contributed by atoms with Crippen LogP contribution in [0.5, 0.6) is 0 Å². The molecule has 2 aliphatic rings. The fourth-order valence-corrected chi connectivity index (χ4v) is 5.24. The molecule has 0 radical (unpaired) electrons. The standard InChI is InChI=1S/C22H29N3O6S.C3H6O2/c1-21(2,3)20(29)31-11-30-19(28)15-22(4,5)32-18-14(17(27)25(15)18)24-16(26)13(23)12-9-7-6-8-10-12;1-2-3(4)5/h6-10,13-15,18H,11,23H2,1-5H3,(H,24,26);2H2,1H3,(H,4,5)/t13?,14-,15+,18-;/m1./s1. The molecule has 1 aromatic carbocycles. The largest absolute Gasteiger partial charge is 0.481 e. The molecule has 37 heavy (non-hydrogen) atoms. The number of aliphatic carboxylic acids is 1. The molecule has 1 aromatic rings. The summed E-state index contributed by atoms with van der Waals surface area (Å²) in [5.41, 5.74) is 5.94. The number of hydrogen-bond donors (Lipinski definition) is 3. The lowest BCUT2D eigenvalue weighted by molar-refractivity contribution is -0.180. The summed E-state index contributed by atoms with van der Waals surface area (Å²) in [6.07, 6.45) is 0.222. The highest BCUT2D eigenvalue weighted by Gasteiger charge is 2.64. The molecule has 4 N–H and O–H groups in total. The zero-order valence-electron chi connectivity index (χ0n) is 21.8. The van der Waals surface area contributed by atoms with Crippen LogP contribution in [0, 0.1) is 5.41 Å². The fourth-order valence-electron chi connectivity index (χ4n) is 3.62. The van der Waals surface area contributed by atoms with Gasteiger partial charge in [-0.15, -0.1) is 11.8 Å². The van der Waals surface area contributed by atoms with Crippen molar-refractivity contribution in [1.82, 2.24) is 10.2 Å². The SMILES string of the molecule is CC(C)(C)C(=O)OCOC(=O)[C@@H]1N2C(=O)[C@@H](NC(=O)C(N)c3ccccc3)[C@H]2SC1(C)C.CCC(=O)O. The highest BCUT2D eigenvalue weighted by molar-refractivity contribution is 8.01. The van der Waals surface area contributed by atoms with Crippen LogP contribution in [0.15, 0.2) is 30.3 Å². The molecule has 0 spiro atoms. The number of esters is 2. The Bertz CT molecular complexity index is 1020. The van der Waals surface area contributed by atoms with Crippen molar-refractivity contribution in [3.05, 3.63) is 35.9 Å². The number of carbonyl (C=O) groups excluding carboxylic acids is 4. The Balaban J connectivity index is 0.000000877. The number of thioether (sulfide) groups is 1. The third kappa shape index (κ3) is 7.22. The van der Waals surface area contributed by atoms with E-state index in [1.807, 2.05) is 19.9 Å². The third-order valence-electron chi connectivity index (χ3n) is 5.71. The summed E-state index contributed by atoms with van der Waals surface area (Å²) >= 11 is 1.40. The summed E-state index contributed by atoms with van der Waals surface area (Å²) in [5, 5.41) is 10.0. The molecule has 4 atom stereocenters. The first-order chi connectivity index (χ1) is 17.1. The number of amides is 2. The molecule has 11 nitrogen and oxygen atoms in total. The number of benzene rings is 1. The Morgan fingerprint density at radius 1 is 1.16 bits per heavy atom. The Morgan fingerprint density at radius 2 is 1.73 bits per heavy atom. The molecular weight excluding hydrogens is 502 g/mol. The topological polar surface area (TPSA) is 165 Å². The normalized spacial score (nSPS) is 22.4. The van der Waals surface area contributed by atoms with Gasteiger partial charge in [-0.05, 0) is 40.2 Å². The van der Waals surface area contributed by atoms with E-state index in [9.17, 15) is 24.0 Å². The molecule has 0 bridgehead atoms. The van der Waals surface area contributed by atoms with Gasteiger partial charge in [0.15, 0.2) is 0 Å². The number of nitrogens with two attached hydrogens (primary N) is 1. The molecule has 2 heterocycles. The van der Waals surface area contributed by atoms with E-state index >= 15 is 0 Å². The van der Waals surface area contributed by atoms with Crippen LogP contribution in [-0.4, -0.2) is 68.7 Å². The van der Waals surface area contributed by atoms with Gasteiger partial charge >= 0.3 is 17.9 Å². The molecule has 12 heteroatoms. The molecular formula is C25H35N3O8S. The second kappa shape index (κ2) is 12.0. The van der Waals surface area contributed by atoms with Crippen LogP contribution in [0.25, 0.3) is 0 Å². The second-order valence-corrected chi connectivity index (χ2v) is 11.9. The zero-order chi connectivity index (χ0) is 28.1. The first-order valence-corrected chi connectivity index (χ1v) is 12.7. The van der Waals surface area contributed by atoms with Gasteiger partial charge < -0.3 is 30.5 Å². The summed E-state index contributed by atoms with van der Waals surface area (Å²) in [6, 6.07) is 6.31. The molecule has 3 rings (SSSR count). The average molecular weight is 538 g/mol. The lowest BCUT2D eigenvalue weighted by Crippen LogP contribution is -2.71. The average Bonchev–Trinajstić information content (AvgIpc) is 3.09. The minimum Gasteiger partial charge on any atom is -0.481 e. The minimum atomic E-state index is -0.907. The lowest BCUT2D eigenvalue weighted by Gasteiger charge is -2.44. The van der Waals surface area contributed by atoms with E-state index in [1.165, 1.54) is 16.7 Å². The number of rotatable bonds is 7. The maximum atomic E-state index is 12.8. The van der Waals surface area contributed by atoms with Gasteiger partial charge in [-0.1, -0.05) is 37.3 Å². The van der Waals surface area contributed by atoms with E-state index in [4.69, 9.17) is 20.3 Å². The number of ether oxygens (including phenoxy) is 2. The molecule has 2 amide bonds. The van der Waals surface area contributed by atoms with Crippen molar-refractivity contribution >= 4 is 41.5 Å². The number of β-lactam (4-membered cyclic amide) rings is 1.